The summed E-state index contributed by atoms with van der Waals surface area (Å²) in [5.41, 5.74) is 0.848. The number of carbonyl (C=O) groups is 2. The third-order valence-electron chi connectivity index (χ3n) is 5.84. The molecule has 2 fully saturated rings. The Morgan fingerprint density at radius 1 is 1.29 bits per heavy atom. The molecule has 1 spiro atoms. The number of methoxy groups -OCH3 is 1. The lowest BCUT2D eigenvalue weighted by Gasteiger charge is -2.37. The lowest BCUT2D eigenvalue weighted by Crippen LogP contribution is -2.51. The molecule has 1 aliphatic carbocycles. The van der Waals surface area contributed by atoms with E-state index in [9.17, 15) is 9.59 Å². The normalized spacial score (nSPS) is 31.1. The van der Waals surface area contributed by atoms with Crippen molar-refractivity contribution in [1.82, 2.24) is 4.90 Å². The van der Waals surface area contributed by atoms with Crippen LogP contribution in [0, 0.1) is 5.92 Å². The summed E-state index contributed by atoms with van der Waals surface area (Å²) in [5.74, 6) is 1.12. The third-order valence-corrected chi connectivity index (χ3v) is 6.92. The lowest BCUT2D eigenvalue weighted by atomic mass is 9.78. The van der Waals surface area contributed by atoms with E-state index < -0.39 is 11.5 Å². The van der Waals surface area contributed by atoms with Crippen LogP contribution in [-0.4, -0.2) is 41.4 Å². The largest absolute Gasteiger partial charge is 0.469 e. The highest BCUT2D eigenvalue weighted by molar-refractivity contribution is 7.99. The van der Waals surface area contributed by atoms with Gasteiger partial charge in [-0.2, -0.15) is 0 Å². The summed E-state index contributed by atoms with van der Waals surface area (Å²) >= 11 is 1.84. The Bertz CT molecular complexity index is 890. The minimum Gasteiger partial charge on any atom is -0.469 e. The van der Waals surface area contributed by atoms with E-state index in [1.165, 1.54) is 7.11 Å². The molecule has 4 nitrogen and oxygen atoms in total. The number of ketones is 1. The fourth-order valence-corrected chi connectivity index (χ4v) is 6.23. The van der Waals surface area contributed by atoms with Crippen molar-refractivity contribution in [3.8, 4) is 0 Å². The maximum Gasteiger partial charge on any atom is 0.311 e. The molecule has 2 aliphatic heterocycles. The summed E-state index contributed by atoms with van der Waals surface area (Å²) < 4.78 is 5.10. The molecule has 0 radical (unpaired) electrons. The highest BCUT2D eigenvalue weighted by atomic mass is 32.2. The monoisotopic (exact) mass is 339 g/mol. The van der Waals surface area contributed by atoms with Crippen LogP contribution in [0.2, 0.25) is 0 Å². The Morgan fingerprint density at radius 2 is 2.08 bits per heavy atom. The minimum atomic E-state index is -0.884. The molecule has 2 heterocycles. The molecule has 0 unspecified atom stereocenters. The van der Waals surface area contributed by atoms with E-state index in [0.717, 1.165) is 33.5 Å². The molecule has 5 rings (SSSR count). The van der Waals surface area contributed by atoms with Gasteiger partial charge in [-0.15, -0.1) is 11.8 Å². The molecule has 122 valence electrons. The van der Waals surface area contributed by atoms with Crippen molar-refractivity contribution in [3.05, 3.63) is 47.5 Å². The average Bonchev–Trinajstić information content (AvgIpc) is 3.25. The van der Waals surface area contributed by atoms with Crippen molar-refractivity contribution in [2.75, 3.05) is 18.7 Å². The average molecular weight is 339 g/mol. The summed E-state index contributed by atoms with van der Waals surface area (Å²) in [5, 5.41) is 2.07. The number of carbonyl (C=O) groups excluding carboxylic acids is 2. The standard InChI is InChI=1S/C19H17NO3S/c1-23-18(22)15-8-12-9-24-10-20(12)19(15)14-7-3-5-11-4-2-6-13(16(11)14)17(19)21/h2-7,12,15H,8-10H2,1H3/t12-,15-,19+/m0/s1. The minimum absolute atomic E-state index is 0.0645. The number of Topliss-reactive ketones (excluding diaryl/α,β-unsaturated/α-hetero) is 1. The molecule has 0 aromatic heterocycles. The van der Waals surface area contributed by atoms with E-state index >= 15 is 0 Å². The molecule has 3 aliphatic rings. The van der Waals surface area contributed by atoms with Gasteiger partial charge in [-0.3, -0.25) is 14.5 Å². The first-order valence-corrected chi connectivity index (χ1v) is 9.34. The molecule has 0 bridgehead atoms. The van der Waals surface area contributed by atoms with Gasteiger partial charge in [-0.25, -0.2) is 0 Å². The van der Waals surface area contributed by atoms with Gasteiger partial charge in [0, 0.05) is 23.2 Å². The van der Waals surface area contributed by atoms with Gasteiger partial charge in [0.15, 0.2) is 5.78 Å². The molecule has 3 atom stereocenters. The number of hydrogen-bond donors (Lipinski definition) is 0. The molecule has 5 heteroatoms. The van der Waals surface area contributed by atoms with Crippen molar-refractivity contribution in [2.24, 2.45) is 5.92 Å². The zero-order chi connectivity index (χ0) is 16.5. The number of thioether (sulfide) groups is 1. The van der Waals surface area contributed by atoms with Crippen molar-refractivity contribution >= 4 is 34.3 Å². The second-order valence-electron chi connectivity index (χ2n) is 6.74. The highest BCUT2D eigenvalue weighted by Gasteiger charge is 2.65. The maximum absolute atomic E-state index is 13.6. The smallest absolute Gasteiger partial charge is 0.311 e. The van der Waals surface area contributed by atoms with Crippen LogP contribution >= 0.6 is 11.8 Å². The Balaban J connectivity index is 1.84. The Kier molecular flexibility index (Phi) is 2.92. The molecular weight excluding hydrogens is 322 g/mol. The molecular formula is C19H17NO3S. The Hall–Kier alpha value is -1.85. The van der Waals surface area contributed by atoms with E-state index in [-0.39, 0.29) is 17.8 Å². The zero-order valence-corrected chi connectivity index (χ0v) is 14.1. The van der Waals surface area contributed by atoms with Crippen LogP contribution in [0.3, 0.4) is 0 Å². The van der Waals surface area contributed by atoms with Gasteiger partial charge in [-0.1, -0.05) is 36.4 Å². The van der Waals surface area contributed by atoms with Gasteiger partial charge in [0.05, 0.1) is 13.0 Å². The predicted octanol–water partition coefficient (Wildman–Crippen LogP) is 2.80. The summed E-state index contributed by atoms with van der Waals surface area (Å²) in [4.78, 5) is 28.5. The molecule has 24 heavy (non-hydrogen) atoms. The van der Waals surface area contributed by atoms with Gasteiger partial charge >= 0.3 is 5.97 Å². The Labute approximate surface area is 144 Å². The Morgan fingerprint density at radius 3 is 2.88 bits per heavy atom. The molecule has 0 saturated carbocycles. The second kappa shape index (κ2) is 4.83. The van der Waals surface area contributed by atoms with Gasteiger partial charge in [0.25, 0.3) is 0 Å². The first-order valence-electron chi connectivity index (χ1n) is 8.19. The fraction of sp³-hybridized carbons (Fsp3) is 0.368. The number of benzene rings is 2. The van der Waals surface area contributed by atoms with E-state index in [1.54, 1.807) is 0 Å². The number of esters is 1. The molecule has 0 N–H and O–H groups in total. The number of fused-ring (bicyclic) bond motifs is 3. The van der Waals surface area contributed by atoms with Crippen LogP contribution < -0.4 is 0 Å². The zero-order valence-electron chi connectivity index (χ0n) is 13.3. The van der Waals surface area contributed by atoms with E-state index in [1.807, 2.05) is 48.2 Å². The van der Waals surface area contributed by atoms with Gasteiger partial charge in [0.2, 0.25) is 0 Å². The van der Waals surface area contributed by atoms with Crippen LogP contribution in [0.4, 0.5) is 0 Å². The molecule has 2 saturated heterocycles. The highest BCUT2D eigenvalue weighted by Crippen LogP contribution is 2.57. The van der Waals surface area contributed by atoms with Crippen molar-refractivity contribution in [2.45, 2.75) is 18.0 Å². The van der Waals surface area contributed by atoms with E-state index in [0.29, 0.717) is 6.42 Å². The lowest BCUT2D eigenvalue weighted by molar-refractivity contribution is -0.147. The molecule has 0 amide bonds. The van der Waals surface area contributed by atoms with Crippen molar-refractivity contribution in [1.29, 1.82) is 0 Å². The van der Waals surface area contributed by atoms with Crippen LogP contribution in [-0.2, 0) is 15.1 Å². The third kappa shape index (κ3) is 1.50. The van der Waals surface area contributed by atoms with Gasteiger partial charge in [0.1, 0.15) is 5.54 Å². The van der Waals surface area contributed by atoms with Gasteiger partial charge in [-0.05, 0) is 22.8 Å². The summed E-state index contributed by atoms with van der Waals surface area (Å²) in [6.45, 7) is 0. The van der Waals surface area contributed by atoms with E-state index in [4.69, 9.17) is 4.74 Å². The number of rotatable bonds is 1. The first-order chi connectivity index (χ1) is 11.7. The molecule has 2 aromatic rings. The fourth-order valence-electron chi connectivity index (χ4n) is 4.93. The van der Waals surface area contributed by atoms with Crippen molar-refractivity contribution in [3.63, 3.8) is 0 Å². The first kappa shape index (κ1) is 14.5. The summed E-state index contributed by atoms with van der Waals surface area (Å²) in [7, 11) is 1.42. The second-order valence-corrected chi connectivity index (χ2v) is 7.74. The van der Waals surface area contributed by atoms with Crippen LogP contribution in [0.15, 0.2) is 36.4 Å². The summed E-state index contributed by atoms with van der Waals surface area (Å²) in [6.07, 6.45) is 0.690. The number of ether oxygens (including phenoxy) is 1. The topological polar surface area (TPSA) is 46.6 Å². The predicted molar refractivity (Wildman–Crippen MR) is 93.0 cm³/mol. The SMILES string of the molecule is COC(=O)[C@@H]1C[C@H]2CSCN2[C@@]12C(=O)c1cccc3cccc2c13. The van der Waals surface area contributed by atoms with Crippen LogP contribution in [0.25, 0.3) is 10.8 Å². The summed E-state index contributed by atoms with van der Waals surface area (Å²) in [6, 6.07) is 12.2. The van der Waals surface area contributed by atoms with Crippen molar-refractivity contribution < 1.29 is 14.3 Å². The number of nitrogens with zero attached hydrogens (tertiary/aromatic N) is 1. The maximum atomic E-state index is 13.6. The van der Waals surface area contributed by atoms with Gasteiger partial charge < -0.3 is 4.74 Å². The molecule has 2 aromatic carbocycles. The number of hydrogen-bond acceptors (Lipinski definition) is 5. The van der Waals surface area contributed by atoms with E-state index in [2.05, 4.69) is 4.90 Å². The van der Waals surface area contributed by atoms with Crippen LogP contribution in [0.1, 0.15) is 22.3 Å². The van der Waals surface area contributed by atoms with Crippen LogP contribution in [0.5, 0.6) is 0 Å². The quantitative estimate of drug-likeness (QED) is 0.748.